The molecule has 1 heterocycles. The number of nitrogens with one attached hydrogen (secondary N) is 1. The summed E-state index contributed by atoms with van der Waals surface area (Å²) in [4.78, 5) is 11.7. The summed E-state index contributed by atoms with van der Waals surface area (Å²) in [5.74, 6) is 0.495. The van der Waals surface area contributed by atoms with E-state index in [2.05, 4.69) is 15.6 Å². The number of carbonyl (C=O) groups excluding carboxylic acids is 1. The average molecular weight is 280 g/mol. The Morgan fingerprint density at radius 1 is 1.05 bits per heavy atom. The Morgan fingerprint density at radius 3 is 2.48 bits per heavy atom. The van der Waals surface area contributed by atoms with E-state index in [0.717, 1.165) is 5.69 Å². The van der Waals surface area contributed by atoms with Crippen LogP contribution in [0.2, 0.25) is 0 Å². The van der Waals surface area contributed by atoms with Gasteiger partial charge in [-0.25, -0.2) is 9.48 Å². The van der Waals surface area contributed by atoms with Gasteiger partial charge >= 0.3 is 6.09 Å². The molecule has 3 rings (SSSR count). The zero-order chi connectivity index (χ0) is 14.5. The molecule has 6 nitrogen and oxygen atoms in total. The third kappa shape index (κ3) is 3.24. The highest BCUT2D eigenvalue weighted by Crippen LogP contribution is 2.14. The van der Waals surface area contributed by atoms with Crippen molar-refractivity contribution in [1.29, 1.82) is 0 Å². The van der Waals surface area contributed by atoms with Gasteiger partial charge in [-0.3, -0.25) is 5.32 Å². The normalized spacial score (nSPS) is 10.1. The molecular weight excluding hydrogens is 268 g/mol. The van der Waals surface area contributed by atoms with Gasteiger partial charge in [-0.2, -0.15) is 0 Å². The minimum Gasteiger partial charge on any atom is -0.410 e. The summed E-state index contributed by atoms with van der Waals surface area (Å²) in [5, 5.41) is 10.3. The molecule has 1 N–H and O–H groups in total. The molecule has 0 radical (unpaired) electrons. The molecule has 0 fully saturated rings. The first kappa shape index (κ1) is 12.9. The molecule has 1 amide bonds. The topological polar surface area (TPSA) is 69.0 Å². The number of hydrogen-bond acceptors (Lipinski definition) is 4. The van der Waals surface area contributed by atoms with Crippen LogP contribution in [-0.4, -0.2) is 21.1 Å². The lowest BCUT2D eigenvalue weighted by Gasteiger charge is -2.07. The minimum atomic E-state index is -0.533. The van der Waals surface area contributed by atoms with Gasteiger partial charge in [-0.1, -0.05) is 23.4 Å². The van der Waals surface area contributed by atoms with Gasteiger partial charge in [0.15, 0.2) is 0 Å². The fourth-order valence-electron chi connectivity index (χ4n) is 1.78. The minimum absolute atomic E-state index is 0.495. The van der Waals surface area contributed by atoms with Gasteiger partial charge in [0.1, 0.15) is 5.75 Å². The number of ether oxygens (including phenoxy) is 1. The van der Waals surface area contributed by atoms with Crippen LogP contribution in [0, 0.1) is 0 Å². The Hall–Kier alpha value is -3.15. The van der Waals surface area contributed by atoms with Crippen LogP contribution in [0.25, 0.3) is 5.69 Å². The number of nitrogens with zero attached hydrogens (tertiary/aromatic N) is 3. The van der Waals surface area contributed by atoms with Crippen LogP contribution in [0.1, 0.15) is 0 Å². The van der Waals surface area contributed by atoms with Crippen molar-refractivity contribution < 1.29 is 9.53 Å². The van der Waals surface area contributed by atoms with Crippen molar-refractivity contribution in [2.45, 2.75) is 0 Å². The third-order valence-electron chi connectivity index (χ3n) is 2.75. The molecule has 0 atom stereocenters. The van der Waals surface area contributed by atoms with Crippen LogP contribution in [-0.2, 0) is 0 Å². The lowest BCUT2D eigenvalue weighted by atomic mass is 10.3. The number of para-hydroxylation sites is 1. The van der Waals surface area contributed by atoms with E-state index in [-0.39, 0.29) is 0 Å². The molecule has 1 aromatic heterocycles. The quantitative estimate of drug-likeness (QED) is 0.801. The van der Waals surface area contributed by atoms with Crippen molar-refractivity contribution in [3.63, 3.8) is 0 Å². The van der Waals surface area contributed by atoms with E-state index in [4.69, 9.17) is 4.74 Å². The predicted molar refractivity (Wildman–Crippen MR) is 77.4 cm³/mol. The predicted octanol–water partition coefficient (Wildman–Crippen LogP) is 2.88. The maximum atomic E-state index is 11.7. The van der Waals surface area contributed by atoms with E-state index in [1.807, 2.05) is 18.2 Å². The number of benzene rings is 2. The second-order valence-corrected chi connectivity index (χ2v) is 4.22. The average Bonchev–Trinajstić information content (AvgIpc) is 3.03. The van der Waals surface area contributed by atoms with Crippen molar-refractivity contribution in [2.75, 3.05) is 5.32 Å². The number of anilines is 1. The second-order valence-electron chi connectivity index (χ2n) is 4.22. The third-order valence-corrected chi connectivity index (χ3v) is 2.75. The second kappa shape index (κ2) is 5.87. The molecule has 3 aromatic rings. The lowest BCUT2D eigenvalue weighted by molar-refractivity contribution is 0.215. The Balaban J connectivity index is 1.64. The van der Waals surface area contributed by atoms with Crippen molar-refractivity contribution in [3.05, 3.63) is 67.0 Å². The fourth-order valence-corrected chi connectivity index (χ4v) is 1.78. The number of rotatable bonds is 3. The highest BCUT2D eigenvalue weighted by atomic mass is 16.6. The molecule has 0 bridgehead atoms. The van der Waals surface area contributed by atoms with Crippen LogP contribution in [0.3, 0.4) is 0 Å². The Kier molecular flexibility index (Phi) is 3.60. The van der Waals surface area contributed by atoms with E-state index in [9.17, 15) is 4.79 Å². The maximum absolute atomic E-state index is 11.7. The zero-order valence-electron chi connectivity index (χ0n) is 11.0. The first-order valence-electron chi connectivity index (χ1n) is 6.32. The largest absolute Gasteiger partial charge is 0.417 e. The highest BCUT2D eigenvalue weighted by Gasteiger charge is 2.05. The molecule has 0 saturated carbocycles. The molecular formula is C15H12N4O2. The zero-order valence-corrected chi connectivity index (χ0v) is 11.0. The number of hydrogen-bond donors (Lipinski definition) is 1. The first-order chi connectivity index (χ1) is 10.3. The molecule has 0 saturated heterocycles. The Labute approximate surface area is 121 Å². The molecule has 21 heavy (non-hydrogen) atoms. The van der Waals surface area contributed by atoms with Gasteiger partial charge in [0.25, 0.3) is 0 Å². The van der Waals surface area contributed by atoms with Crippen molar-refractivity contribution in [3.8, 4) is 11.4 Å². The van der Waals surface area contributed by atoms with Gasteiger partial charge < -0.3 is 4.74 Å². The number of amides is 1. The van der Waals surface area contributed by atoms with E-state index in [0.29, 0.717) is 11.4 Å². The van der Waals surface area contributed by atoms with Gasteiger partial charge in [0.05, 0.1) is 18.1 Å². The van der Waals surface area contributed by atoms with Crippen LogP contribution in [0.4, 0.5) is 10.5 Å². The monoisotopic (exact) mass is 280 g/mol. The number of aromatic nitrogens is 3. The van der Waals surface area contributed by atoms with Crippen molar-refractivity contribution in [1.82, 2.24) is 15.0 Å². The van der Waals surface area contributed by atoms with Crippen LogP contribution < -0.4 is 10.1 Å². The summed E-state index contributed by atoms with van der Waals surface area (Å²) in [6.45, 7) is 0. The molecule has 6 heteroatoms. The smallest absolute Gasteiger partial charge is 0.410 e. The van der Waals surface area contributed by atoms with E-state index >= 15 is 0 Å². The summed E-state index contributed by atoms with van der Waals surface area (Å²) in [6.07, 6.45) is 2.81. The highest BCUT2D eigenvalue weighted by molar-refractivity contribution is 5.86. The molecule has 0 spiro atoms. The molecule has 0 aliphatic rings. The molecule has 0 aliphatic heterocycles. The number of carbonyl (C=O) groups is 1. The Morgan fingerprint density at radius 2 is 1.81 bits per heavy atom. The van der Waals surface area contributed by atoms with E-state index in [1.165, 1.54) is 0 Å². The standard InChI is InChI=1S/C15H12N4O2/c20-15(21-14-4-2-1-3-5-14)17-12-6-8-13(9-7-12)19-11-10-16-18-19/h1-11H,(H,17,20). The van der Waals surface area contributed by atoms with Crippen molar-refractivity contribution >= 4 is 11.8 Å². The molecule has 2 aromatic carbocycles. The molecule has 0 aliphatic carbocycles. The summed E-state index contributed by atoms with van der Waals surface area (Å²) < 4.78 is 6.77. The SMILES string of the molecule is O=C(Nc1ccc(-n2ccnn2)cc1)Oc1ccccc1. The van der Waals surface area contributed by atoms with Gasteiger partial charge in [0, 0.05) is 5.69 Å². The molecule has 0 unspecified atom stereocenters. The van der Waals surface area contributed by atoms with Gasteiger partial charge in [-0.05, 0) is 36.4 Å². The molecule has 104 valence electrons. The van der Waals surface area contributed by atoms with E-state index in [1.54, 1.807) is 53.5 Å². The van der Waals surface area contributed by atoms with Crippen molar-refractivity contribution in [2.24, 2.45) is 0 Å². The van der Waals surface area contributed by atoms with Gasteiger partial charge in [-0.15, -0.1) is 5.10 Å². The summed E-state index contributed by atoms with van der Waals surface area (Å²) in [5.41, 5.74) is 1.49. The van der Waals surface area contributed by atoms with Crippen LogP contribution in [0.5, 0.6) is 5.75 Å². The van der Waals surface area contributed by atoms with Crippen LogP contribution >= 0.6 is 0 Å². The van der Waals surface area contributed by atoms with Crippen LogP contribution in [0.15, 0.2) is 67.0 Å². The fraction of sp³-hybridized carbons (Fsp3) is 0. The summed E-state index contributed by atoms with van der Waals surface area (Å²) >= 11 is 0. The van der Waals surface area contributed by atoms with E-state index < -0.39 is 6.09 Å². The lowest BCUT2D eigenvalue weighted by Crippen LogP contribution is -2.16. The summed E-state index contributed by atoms with van der Waals surface area (Å²) in [7, 11) is 0. The van der Waals surface area contributed by atoms with Gasteiger partial charge in [0.2, 0.25) is 0 Å². The summed E-state index contributed by atoms with van der Waals surface area (Å²) in [6, 6.07) is 16.1. The Bertz CT molecular complexity index is 709. The first-order valence-corrected chi connectivity index (χ1v) is 6.32. The maximum Gasteiger partial charge on any atom is 0.417 e.